The second kappa shape index (κ2) is 10.0. The molecule has 0 aromatic heterocycles. The van der Waals surface area contributed by atoms with Crippen molar-refractivity contribution < 1.29 is 19.1 Å². The van der Waals surface area contributed by atoms with Gasteiger partial charge in [0.1, 0.15) is 0 Å². The smallest absolute Gasteiger partial charge is 0.255 e. The summed E-state index contributed by atoms with van der Waals surface area (Å²) in [5.74, 6) is 0.313. The topological polar surface area (TPSA) is 85.1 Å². The zero-order chi connectivity index (χ0) is 22.4. The minimum absolute atomic E-state index is 0.0198. The Morgan fingerprint density at radius 3 is 2.48 bits per heavy atom. The molecule has 1 heterocycles. The van der Waals surface area contributed by atoms with Crippen LogP contribution in [-0.4, -0.2) is 56.6 Å². The molecule has 0 spiro atoms. The fraction of sp³-hybridized carbons (Fsp3) is 0.333. The summed E-state index contributed by atoms with van der Waals surface area (Å²) in [6.07, 6.45) is 3.33. The molecule has 2 N–H and O–H groups in total. The van der Waals surface area contributed by atoms with Crippen LogP contribution in [0.3, 0.4) is 0 Å². The number of methoxy groups -OCH3 is 1. The summed E-state index contributed by atoms with van der Waals surface area (Å²) >= 11 is 0. The highest BCUT2D eigenvalue weighted by Crippen LogP contribution is 2.28. The van der Waals surface area contributed by atoms with E-state index in [0.717, 1.165) is 18.7 Å². The monoisotopic (exact) mass is 423 g/mol. The number of hydrogen-bond donors (Lipinski definition) is 1. The maximum atomic E-state index is 12.6. The van der Waals surface area contributed by atoms with Crippen molar-refractivity contribution in [3.8, 4) is 11.5 Å². The maximum Gasteiger partial charge on any atom is 0.255 e. The second-order valence-electron chi connectivity index (χ2n) is 7.53. The molecule has 0 aliphatic carbocycles. The molecule has 1 aliphatic heterocycles. The quantitative estimate of drug-likeness (QED) is 0.692. The first-order valence-electron chi connectivity index (χ1n) is 10.3. The number of piperazine rings is 1. The van der Waals surface area contributed by atoms with E-state index >= 15 is 0 Å². The number of primary amides is 1. The number of ether oxygens (including phenoxy) is 2. The van der Waals surface area contributed by atoms with E-state index in [0.29, 0.717) is 24.6 Å². The number of carbonyl (C=O) groups is 2. The van der Waals surface area contributed by atoms with Gasteiger partial charge in [0.25, 0.3) is 5.91 Å². The van der Waals surface area contributed by atoms with Gasteiger partial charge in [-0.15, -0.1) is 0 Å². The lowest BCUT2D eigenvalue weighted by Gasteiger charge is -2.36. The summed E-state index contributed by atoms with van der Waals surface area (Å²) in [6, 6.07) is 11.6. The lowest BCUT2D eigenvalue weighted by molar-refractivity contribution is -0.126. The number of nitrogens with two attached hydrogens (primary N) is 1. The van der Waals surface area contributed by atoms with Crippen LogP contribution >= 0.6 is 0 Å². The minimum Gasteiger partial charge on any atom is -0.493 e. The first kappa shape index (κ1) is 22.2. The van der Waals surface area contributed by atoms with Crippen molar-refractivity contribution in [3.05, 3.63) is 59.2 Å². The molecule has 0 saturated carbocycles. The Morgan fingerprint density at radius 2 is 1.81 bits per heavy atom. The van der Waals surface area contributed by atoms with Gasteiger partial charge in [0, 0.05) is 37.9 Å². The third-order valence-electron chi connectivity index (χ3n) is 5.48. The number of amides is 2. The van der Waals surface area contributed by atoms with E-state index in [2.05, 4.69) is 36.9 Å². The summed E-state index contributed by atoms with van der Waals surface area (Å²) < 4.78 is 10.6. The summed E-state index contributed by atoms with van der Waals surface area (Å²) in [6.45, 7) is 7.02. The van der Waals surface area contributed by atoms with Crippen molar-refractivity contribution in [2.75, 3.05) is 44.8 Å². The molecule has 31 heavy (non-hydrogen) atoms. The van der Waals surface area contributed by atoms with Gasteiger partial charge < -0.3 is 25.0 Å². The van der Waals surface area contributed by atoms with Crippen molar-refractivity contribution in [3.63, 3.8) is 0 Å². The number of nitrogens with zero attached hydrogens (tertiary/aromatic N) is 2. The van der Waals surface area contributed by atoms with E-state index < -0.39 is 5.91 Å². The Morgan fingerprint density at radius 1 is 1.06 bits per heavy atom. The van der Waals surface area contributed by atoms with Crippen LogP contribution in [0.4, 0.5) is 5.69 Å². The van der Waals surface area contributed by atoms with Gasteiger partial charge in [-0.25, -0.2) is 0 Å². The SMILES string of the molecule is COc1cc(/C=C/C(=O)N2CCN(c3cccc(C)c3C)CC2)ccc1OCC(N)=O. The summed E-state index contributed by atoms with van der Waals surface area (Å²) in [4.78, 5) is 27.7. The molecule has 0 radical (unpaired) electrons. The Bertz CT molecular complexity index is 979. The molecule has 164 valence electrons. The molecule has 7 nitrogen and oxygen atoms in total. The van der Waals surface area contributed by atoms with Gasteiger partial charge in [-0.2, -0.15) is 0 Å². The molecule has 2 aromatic rings. The highest BCUT2D eigenvalue weighted by Gasteiger charge is 2.21. The number of aryl methyl sites for hydroxylation is 1. The zero-order valence-corrected chi connectivity index (χ0v) is 18.3. The Balaban J connectivity index is 1.59. The van der Waals surface area contributed by atoms with Gasteiger partial charge in [0.2, 0.25) is 5.91 Å². The normalized spacial score (nSPS) is 14.0. The summed E-state index contributed by atoms with van der Waals surface area (Å²) in [5.41, 5.74) is 9.72. The Kier molecular flexibility index (Phi) is 7.18. The highest BCUT2D eigenvalue weighted by atomic mass is 16.5. The standard InChI is InChI=1S/C24H29N3O4/c1-17-5-4-6-20(18(17)2)26-11-13-27(14-12-26)24(29)10-8-19-7-9-21(22(15-19)30-3)31-16-23(25)28/h4-10,15H,11-14,16H2,1-3H3,(H2,25,28)/b10-8+. The zero-order valence-electron chi connectivity index (χ0n) is 18.3. The molecule has 1 saturated heterocycles. The van der Waals surface area contributed by atoms with Crippen LogP contribution in [0.1, 0.15) is 16.7 Å². The van der Waals surface area contributed by atoms with Gasteiger partial charge in [-0.1, -0.05) is 18.2 Å². The third kappa shape index (κ3) is 5.57. The van der Waals surface area contributed by atoms with Crippen LogP contribution in [0.25, 0.3) is 6.08 Å². The first-order chi connectivity index (χ1) is 14.9. The van der Waals surface area contributed by atoms with E-state index in [1.165, 1.54) is 23.9 Å². The van der Waals surface area contributed by atoms with Gasteiger partial charge >= 0.3 is 0 Å². The van der Waals surface area contributed by atoms with Crippen LogP contribution < -0.4 is 20.1 Å². The largest absolute Gasteiger partial charge is 0.493 e. The van der Waals surface area contributed by atoms with Gasteiger partial charge in [0.15, 0.2) is 18.1 Å². The van der Waals surface area contributed by atoms with Gasteiger partial charge in [0.05, 0.1) is 7.11 Å². The van der Waals surface area contributed by atoms with Crippen LogP contribution in [-0.2, 0) is 9.59 Å². The Hall–Kier alpha value is -3.48. The second-order valence-corrected chi connectivity index (χ2v) is 7.53. The molecule has 0 atom stereocenters. The summed E-state index contributed by atoms with van der Waals surface area (Å²) in [5, 5.41) is 0. The van der Waals surface area contributed by atoms with Crippen molar-refractivity contribution in [2.45, 2.75) is 13.8 Å². The van der Waals surface area contributed by atoms with E-state index in [-0.39, 0.29) is 12.5 Å². The molecular formula is C24H29N3O4. The number of anilines is 1. The number of rotatable bonds is 7. The van der Waals surface area contributed by atoms with Crippen LogP contribution in [0.5, 0.6) is 11.5 Å². The van der Waals surface area contributed by atoms with E-state index in [1.807, 2.05) is 4.90 Å². The molecule has 1 aliphatic rings. The molecule has 0 unspecified atom stereocenters. The maximum absolute atomic E-state index is 12.6. The molecule has 0 bridgehead atoms. The highest BCUT2D eigenvalue weighted by molar-refractivity contribution is 5.92. The molecule has 3 rings (SSSR count). The van der Waals surface area contributed by atoms with Gasteiger partial charge in [-0.3, -0.25) is 9.59 Å². The third-order valence-corrected chi connectivity index (χ3v) is 5.48. The van der Waals surface area contributed by atoms with Crippen molar-refractivity contribution in [1.29, 1.82) is 0 Å². The Labute approximate surface area is 183 Å². The molecule has 7 heteroatoms. The average molecular weight is 424 g/mol. The molecular weight excluding hydrogens is 394 g/mol. The lowest BCUT2D eigenvalue weighted by Crippen LogP contribution is -2.48. The molecule has 1 fully saturated rings. The molecule has 2 amide bonds. The first-order valence-corrected chi connectivity index (χ1v) is 10.3. The van der Waals surface area contributed by atoms with Gasteiger partial charge in [-0.05, 0) is 54.8 Å². The number of benzene rings is 2. The number of carbonyl (C=O) groups excluding carboxylic acids is 2. The van der Waals surface area contributed by atoms with Crippen LogP contribution in [0, 0.1) is 13.8 Å². The minimum atomic E-state index is -0.561. The molecule has 2 aromatic carbocycles. The van der Waals surface area contributed by atoms with E-state index in [9.17, 15) is 9.59 Å². The van der Waals surface area contributed by atoms with Crippen LogP contribution in [0.15, 0.2) is 42.5 Å². The van der Waals surface area contributed by atoms with E-state index in [1.54, 1.807) is 30.4 Å². The van der Waals surface area contributed by atoms with Crippen molar-refractivity contribution in [1.82, 2.24) is 4.90 Å². The summed E-state index contributed by atoms with van der Waals surface area (Å²) in [7, 11) is 1.51. The fourth-order valence-corrected chi connectivity index (χ4v) is 3.57. The number of hydrogen-bond acceptors (Lipinski definition) is 5. The lowest BCUT2D eigenvalue weighted by atomic mass is 10.1. The average Bonchev–Trinajstić information content (AvgIpc) is 2.78. The predicted molar refractivity (Wildman–Crippen MR) is 121 cm³/mol. The van der Waals surface area contributed by atoms with E-state index in [4.69, 9.17) is 15.2 Å². The van der Waals surface area contributed by atoms with Crippen molar-refractivity contribution >= 4 is 23.6 Å². The fourth-order valence-electron chi connectivity index (χ4n) is 3.57. The van der Waals surface area contributed by atoms with Crippen LogP contribution in [0.2, 0.25) is 0 Å². The van der Waals surface area contributed by atoms with Crippen molar-refractivity contribution in [2.24, 2.45) is 5.73 Å². The predicted octanol–water partition coefficient (Wildman–Crippen LogP) is 2.54.